The third-order valence-corrected chi connectivity index (χ3v) is 3.00. The molecule has 1 unspecified atom stereocenters. The molecule has 1 aromatic heterocycles. The van der Waals surface area contributed by atoms with Crippen LogP contribution in [0.5, 0.6) is 0 Å². The molecule has 0 bridgehead atoms. The molecule has 5 nitrogen and oxygen atoms in total. The molecule has 0 radical (unpaired) electrons. The highest BCUT2D eigenvalue weighted by Gasteiger charge is 2.11. The van der Waals surface area contributed by atoms with Gasteiger partial charge in [0.1, 0.15) is 11.6 Å². The summed E-state index contributed by atoms with van der Waals surface area (Å²) in [7, 11) is 0. The molecule has 112 valence electrons. The smallest absolute Gasteiger partial charge is 0.225 e. The van der Waals surface area contributed by atoms with Gasteiger partial charge in [-0.1, -0.05) is 0 Å². The number of nitrogens with zero attached hydrogens (tertiary/aromatic N) is 2. The van der Waals surface area contributed by atoms with Crippen molar-refractivity contribution in [3.05, 3.63) is 41.8 Å². The number of aryl methyl sites for hydroxylation is 1. The lowest BCUT2D eigenvalue weighted by Gasteiger charge is -2.09. The fraction of sp³-hybridized carbons (Fsp3) is 0.333. The van der Waals surface area contributed by atoms with Gasteiger partial charge in [0.25, 0.3) is 0 Å². The van der Waals surface area contributed by atoms with E-state index in [1.54, 1.807) is 22.9 Å². The van der Waals surface area contributed by atoms with Gasteiger partial charge in [0.05, 0.1) is 11.4 Å². The largest absolute Gasteiger partial charge is 0.328 e. The number of hydrogen-bond acceptors (Lipinski definition) is 3. The van der Waals surface area contributed by atoms with Crippen LogP contribution in [0.1, 0.15) is 25.5 Å². The summed E-state index contributed by atoms with van der Waals surface area (Å²) in [4.78, 5) is 11.9. The van der Waals surface area contributed by atoms with Crippen molar-refractivity contribution in [1.82, 2.24) is 9.78 Å². The van der Waals surface area contributed by atoms with E-state index in [1.807, 2.05) is 13.8 Å². The van der Waals surface area contributed by atoms with Crippen LogP contribution in [-0.2, 0) is 4.79 Å². The summed E-state index contributed by atoms with van der Waals surface area (Å²) in [5, 5.41) is 7.13. The highest BCUT2D eigenvalue weighted by molar-refractivity contribution is 5.90. The lowest BCUT2D eigenvalue weighted by Crippen LogP contribution is -2.20. The minimum absolute atomic E-state index is 0.0144. The van der Waals surface area contributed by atoms with Gasteiger partial charge in [-0.2, -0.15) is 5.10 Å². The Morgan fingerprint density at radius 1 is 1.43 bits per heavy atom. The minimum Gasteiger partial charge on any atom is -0.328 e. The number of rotatable bonds is 5. The summed E-state index contributed by atoms with van der Waals surface area (Å²) in [6.45, 7) is 3.69. The third kappa shape index (κ3) is 4.13. The van der Waals surface area contributed by atoms with Crippen molar-refractivity contribution in [2.75, 3.05) is 5.32 Å². The van der Waals surface area contributed by atoms with Crippen molar-refractivity contribution in [3.8, 4) is 5.69 Å². The minimum atomic E-state index is -0.315. The van der Waals surface area contributed by atoms with Crippen molar-refractivity contribution in [1.29, 1.82) is 0 Å². The fourth-order valence-corrected chi connectivity index (χ4v) is 1.93. The normalized spacial score (nSPS) is 12.2. The number of nitrogens with one attached hydrogen (secondary N) is 1. The van der Waals surface area contributed by atoms with Gasteiger partial charge in [0.2, 0.25) is 5.91 Å². The zero-order chi connectivity index (χ0) is 15.4. The van der Waals surface area contributed by atoms with Crippen LogP contribution in [0.15, 0.2) is 30.3 Å². The van der Waals surface area contributed by atoms with Gasteiger partial charge in [-0.05, 0) is 44.5 Å². The Morgan fingerprint density at radius 3 is 2.71 bits per heavy atom. The molecule has 1 atom stereocenters. The number of halogens is 1. The van der Waals surface area contributed by atoms with Crippen molar-refractivity contribution in [2.45, 2.75) is 32.7 Å². The molecule has 2 aromatic rings. The van der Waals surface area contributed by atoms with Crippen molar-refractivity contribution >= 4 is 11.7 Å². The second kappa shape index (κ2) is 6.49. The van der Waals surface area contributed by atoms with Crippen LogP contribution in [-0.4, -0.2) is 21.7 Å². The maximum atomic E-state index is 13.0. The Balaban J connectivity index is 2.17. The highest BCUT2D eigenvalue weighted by Crippen LogP contribution is 2.18. The van der Waals surface area contributed by atoms with E-state index in [0.717, 1.165) is 5.69 Å². The molecular formula is C15H19FN4O. The number of carbonyl (C=O) groups is 1. The molecule has 0 aliphatic carbocycles. The molecule has 0 saturated heterocycles. The second-order valence-electron chi connectivity index (χ2n) is 5.12. The SMILES string of the molecule is Cc1cc(NC(=O)CCC(C)N)n(-c2ccc(F)cc2)n1. The van der Waals surface area contributed by atoms with Crippen LogP contribution in [0, 0.1) is 12.7 Å². The van der Waals surface area contributed by atoms with Crippen molar-refractivity contribution in [2.24, 2.45) is 5.73 Å². The monoisotopic (exact) mass is 290 g/mol. The number of carbonyl (C=O) groups excluding carboxylic acids is 1. The Morgan fingerprint density at radius 2 is 2.10 bits per heavy atom. The molecule has 3 N–H and O–H groups in total. The fourth-order valence-electron chi connectivity index (χ4n) is 1.93. The molecule has 1 amide bonds. The van der Waals surface area contributed by atoms with E-state index in [0.29, 0.717) is 24.3 Å². The molecule has 2 rings (SSSR count). The Labute approximate surface area is 123 Å². The maximum absolute atomic E-state index is 13.0. The van der Waals surface area contributed by atoms with E-state index >= 15 is 0 Å². The number of hydrogen-bond donors (Lipinski definition) is 2. The van der Waals surface area contributed by atoms with Crippen LogP contribution in [0.2, 0.25) is 0 Å². The first-order chi connectivity index (χ1) is 9.95. The first-order valence-corrected chi connectivity index (χ1v) is 6.84. The number of amides is 1. The van der Waals surface area contributed by atoms with Crippen molar-refractivity contribution < 1.29 is 9.18 Å². The quantitative estimate of drug-likeness (QED) is 0.888. The molecule has 1 aromatic carbocycles. The molecule has 0 saturated carbocycles. The van der Waals surface area contributed by atoms with E-state index in [2.05, 4.69) is 10.4 Å². The van der Waals surface area contributed by atoms with Crippen LogP contribution in [0.3, 0.4) is 0 Å². The molecule has 6 heteroatoms. The predicted molar refractivity (Wildman–Crippen MR) is 79.8 cm³/mol. The first-order valence-electron chi connectivity index (χ1n) is 6.84. The summed E-state index contributed by atoms with van der Waals surface area (Å²) in [6, 6.07) is 7.69. The van der Waals surface area contributed by atoms with Gasteiger partial charge < -0.3 is 11.1 Å². The standard InChI is InChI=1S/C15H19FN4O/c1-10(17)3-8-15(21)18-14-9-11(2)19-20(14)13-6-4-12(16)5-7-13/h4-7,9-10H,3,8,17H2,1-2H3,(H,18,21). The van der Waals surface area contributed by atoms with Gasteiger partial charge in [0, 0.05) is 18.5 Å². The van der Waals surface area contributed by atoms with Gasteiger partial charge in [-0.15, -0.1) is 0 Å². The molecule has 0 aliphatic heterocycles. The molecule has 21 heavy (non-hydrogen) atoms. The lowest BCUT2D eigenvalue weighted by molar-refractivity contribution is -0.116. The van der Waals surface area contributed by atoms with E-state index in [4.69, 9.17) is 5.73 Å². The number of aromatic nitrogens is 2. The van der Waals surface area contributed by atoms with Gasteiger partial charge in [-0.3, -0.25) is 4.79 Å². The average Bonchev–Trinajstić information content (AvgIpc) is 2.78. The van der Waals surface area contributed by atoms with E-state index in [-0.39, 0.29) is 17.8 Å². The van der Waals surface area contributed by atoms with Crippen LogP contribution >= 0.6 is 0 Å². The zero-order valence-electron chi connectivity index (χ0n) is 12.1. The summed E-state index contributed by atoms with van der Waals surface area (Å²) in [6.07, 6.45) is 0.973. The number of benzene rings is 1. The van der Waals surface area contributed by atoms with Gasteiger partial charge in [0.15, 0.2) is 0 Å². The van der Waals surface area contributed by atoms with E-state index in [1.165, 1.54) is 12.1 Å². The van der Waals surface area contributed by atoms with Crippen LogP contribution in [0.25, 0.3) is 5.69 Å². The van der Waals surface area contributed by atoms with E-state index in [9.17, 15) is 9.18 Å². The molecular weight excluding hydrogens is 271 g/mol. The summed E-state index contributed by atoms with van der Waals surface area (Å²) in [5.41, 5.74) is 7.09. The first kappa shape index (κ1) is 15.2. The van der Waals surface area contributed by atoms with Crippen LogP contribution < -0.4 is 11.1 Å². The summed E-state index contributed by atoms with van der Waals surface area (Å²) in [5.74, 6) is 0.134. The molecule has 0 spiro atoms. The Kier molecular flexibility index (Phi) is 4.70. The summed E-state index contributed by atoms with van der Waals surface area (Å²) >= 11 is 0. The highest BCUT2D eigenvalue weighted by atomic mass is 19.1. The molecule has 0 aliphatic rings. The predicted octanol–water partition coefficient (Wildman–Crippen LogP) is 2.39. The van der Waals surface area contributed by atoms with Gasteiger partial charge >= 0.3 is 0 Å². The zero-order valence-corrected chi connectivity index (χ0v) is 12.1. The van der Waals surface area contributed by atoms with Crippen molar-refractivity contribution in [3.63, 3.8) is 0 Å². The Bertz CT molecular complexity index is 619. The molecule has 1 heterocycles. The van der Waals surface area contributed by atoms with Crippen LogP contribution in [0.4, 0.5) is 10.2 Å². The topological polar surface area (TPSA) is 72.9 Å². The average molecular weight is 290 g/mol. The third-order valence-electron chi connectivity index (χ3n) is 3.00. The van der Waals surface area contributed by atoms with Gasteiger partial charge in [-0.25, -0.2) is 9.07 Å². The number of anilines is 1. The maximum Gasteiger partial charge on any atom is 0.225 e. The summed E-state index contributed by atoms with van der Waals surface area (Å²) < 4.78 is 14.6. The van der Waals surface area contributed by atoms with E-state index < -0.39 is 0 Å². The molecule has 0 fully saturated rings. The Hall–Kier alpha value is -2.21. The second-order valence-corrected chi connectivity index (χ2v) is 5.12. The number of nitrogens with two attached hydrogens (primary N) is 1. The lowest BCUT2D eigenvalue weighted by atomic mass is 10.2.